The minimum Gasteiger partial charge on any atom is -0.299 e. The van der Waals surface area contributed by atoms with Gasteiger partial charge < -0.3 is 0 Å². The number of azide groups is 1. The van der Waals surface area contributed by atoms with Crippen molar-refractivity contribution in [2.45, 2.75) is 24.7 Å². The van der Waals surface area contributed by atoms with E-state index in [1.165, 1.54) is 6.20 Å². The molecule has 2 aromatic heterocycles. The molecule has 134 valence electrons. The van der Waals surface area contributed by atoms with Crippen LogP contribution in [0, 0.1) is 0 Å². The Morgan fingerprint density at radius 1 is 1.31 bits per heavy atom. The topological polar surface area (TPSA) is 79.5 Å². The maximum Gasteiger partial charge on any atom is 0.449 e. The fourth-order valence-electron chi connectivity index (χ4n) is 2.59. The molecule has 3 aromatic rings. The van der Waals surface area contributed by atoms with E-state index in [0.717, 1.165) is 20.8 Å². The zero-order valence-electron chi connectivity index (χ0n) is 13.6. The van der Waals surface area contributed by atoms with Gasteiger partial charge in [0.15, 0.2) is 5.65 Å². The molecular formula is C16H13F3N6S. The van der Waals surface area contributed by atoms with Gasteiger partial charge >= 0.3 is 6.18 Å². The van der Waals surface area contributed by atoms with Crippen LogP contribution >= 0.6 is 11.8 Å². The zero-order valence-corrected chi connectivity index (χ0v) is 14.4. The first-order chi connectivity index (χ1) is 12.5. The Balaban J connectivity index is 2.17. The molecule has 0 saturated carbocycles. The molecule has 2 heterocycles. The van der Waals surface area contributed by atoms with E-state index in [1.807, 2.05) is 31.2 Å². The third kappa shape index (κ3) is 3.47. The summed E-state index contributed by atoms with van der Waals surface area (Å²) in [7, 11) is 0. The highest BCUT2D eigenvalue weighted by Gasteiger charge is 2.37. The Morgan fingerprint density at radius 3 is 2.77 bits per heavy atom. The Morgan fingerprint density at radius 2 is 2.08 bits per heavy atom. The van der Waals surface area contributed by atoms with Crippen molar-refractivity contribution in [3.05, 3.63) is 52.8 Å². The molecule has 0 aliphatic rings. The van der Waals surface area contributed by atoms with E-state index in [0.29, 0.717) is 5.56 Å². The van der Waals surface area contributed by atoms with E-state index >= 15 is 0 Å². The fraction of sp³-hybridized carbons (Fsp3) is 0.250. The summed E-state index contributed by atoms with van der Waals surface area (Å²) in [5.41, 5.74) is 10.1. The van der Waals surface area contributed by atoms with E-state index in [4.69, 9.17) is 5.53 Å². The number of hydrogen-bond acceptors (Lipinski definition) is 4. The lowest BCUT2D eigenvalue weighted by Gasteiger charge is -2.09. The molecule has 0 N–H and O–H groups in total. The summed E-state index contributed by atoms with van der Waals surface area (Å²) in [5.74, 6) is -0.271. The number of benzene rings is 1. The van der Waals surface area contributed by atoms with E-state index in [1.54, 1.807) is 17.8 Å². The SMILES string of the molecule is CCSc1ccccc1-c1cnc2c(c1)nc(C(F)(F)F)n2CN=[N+]=[N-]. The maximum absolute atomic E-state index is 13.3. The van der Waals surface area contributed by atoms with Crippen LogP contribution in [0.3, 0.4) is 0 Å². The summed E-state index contributed by atoms with van der Waals surface area (Å²) in [6.07, 6.45) is -3.17. The predicted octanol–water partition coefficient (Wildman–Crippen LogP) is 5.50. The number of imidazole rings is 1. The smallest absolute Gasteiger partial charge is 0.299 e. The van der Waals surface area contributed by atoms with Gasteiger partial charge in [-0.15, -0.1) is 11.8 Å². The minimum absolute atomic E-state index is 0.0223. The largest absolute Gasteiger partial charge is 0.449 e. The average molecular weight is 378 g/mol. The van der Waals surface area contributed by atoms with Crippen molar-refractivity contribution in [3.63, 3.8) is 0 Å². The molecule has 3 rings (SSSR count). The predicted molar refractivity (Wildman–Crippen MR) is 93.5 cm³/mol. The number of aromatic nitrogens is 3. The summed E-state index contributed by atoms with van der Waals surface area (Å²) in [5, 5.41) is 3.22. The molecule has 26 heavy (non-hydrogen) atoms. The van der Waals surface area contributed by atoms with Gasteiger partial charge in [-0.3, -0.25) is 4.57 Å². The summed E-state index contributed by atoms with van der Waals surface area (Å²) < 4.78 is 40.5. The van der Waals surface area contributed by atoms with Crippen LogP contribution in [-0.2, 0) is 12.8 Å². The molecule has 0 unspecified atom stereocenters. The van der Waals surface area contributed by atoms with Gasteiger partial charge in [0.05, 0.1) is 0 Å². The van der Waals surface area contributed by atoms with Crippen LogP contribution in [0.4, 0.5) is 13.2 Å². The van der Waals surface area contributed by atoms with Gasteiger partial charge in [0, 0.05) is 21.6 Å². The van der Waals surface area contributed by atoms with Crippen molar-refractivity contribution in [3.8, 4) is 11.1 Å². The summed E-state index contributed by atoms with van der Waals surface area (Å²) in [6, 6.07) is 9.18. The van der Waals surface area contributed by atoms with Crippen LogP contribution in [0.5, 0.6) is 0 Å². The fourth-order valence-corrected chi connectivity index (χ4v) is 3.41. The molecule has 0 spiro atoms. The van der Waals surface area contributed by atoms with Gasteiger partial charge in [0.1, 0.15) is 12.2 Å². The number of hydrogen-bond donors (Lipinski definition) is 0. The Labute approximate surface area is 150 Å². The van der Waals surface area contributed by atoms with E-state index in [2.05, 4.69) is 20.0 Å². The molecule has 6 nitrogen and oxygen atoms in total. The van der Waals surface area contributed by atoms with E-state index in [9.17, 15) is 13.2 Å². The summed E-state index contributed by atoms with van der Waals surface area (Å²) in [6.45, 7) is 1.49. The minimum atomic E-state index is -4.68. The van der Waals surface area contributed by atoms with E-state index in [-0.39, 0.29) is 11.2 Å². The van der Waals surface area contributed by atoms with Crippen LogP contribution in [0.2, 0.25) is 0 Å². The van der Waals surface area contributed by atoms with Gasteiger partial charge in [-0.1, -0.05) is 30.2 Å². The Kier molecular flexibility index (Phi) is 5.06. The lowest BCUT2D eigenvalue weighted by atomic mass is 10.1. The molecule has 0 saturated heterocycles. The summed E-state index contributed by atoms with van der Waals surface area (Å²) in [4.78, 5) is 11.4. The lowest BCUT2D eigenvalue weighted by Crippen LogP contribution is -2.14. The molecule has 10 heteroatoms. The van der Waals surface area contributed by atoms with Crippen molar-refractivity contribution >= 4 is 22.9 Å². The van der Waals surface area contributed by atoms with Crippen molar-refractivity contribution in [2.75, 3.05) is 5.75 Å². The van der Waals surface area contributed by atoms with Crippen LogP contribution in [-0.4, -0.2) is 20.3 Å². The number of nitrogens with zero attached hydrogens (tertiary/aromatic N) is 6. The first kappa shape index (κ1) is 18.1. The number of thioether (sulfide) groups is 1. The molecule has 0 aliphatic heterocycles. The van der Waals surface area contributed by atoms with Crippen molar-refractivity contribution in [2.24, 2.45) is 5.11 Å². The average Bonchev–Trinajstić information content (AvgIpc) is 2.99. The first-order valence-corrected chi connectivity index (χ1v) is 8.60. The first-order valence-electron chi connectivity index (χ1n) is 7.62. The van der Waals surface area contributed by atoms with Crippen LogP contribution in [0.25, 0.3) is 32.7 Å². The molecule has 0 atom stereocenters. The van der Waals surface area contributed by atoms with Gasteiger partial charge in [-0.05, 0) is 29.0 Å². The highest BCUT2D eigenvalue weighted by Crippen LogP contribution is 2.34. The maximum atomic E-state index is 13.3. The van der Waals surface area contributed by atoms with Crippen LogP contribution in [0.15, 0.2) is 46.5 Å². The Bertz CT molecular complexity index is 991. The van der Waals surface area contributed by atoms with Crippen molar-refractivity contribution in [1.29, 1.82) is 0 Å². The second kappa shape index (κ2) is 7.27. The van der Waals surface area contributed by atoms with Gasteiger partial charge in [0.25, 0.3) is 0 Å². The number of alkyl halides is 3. The molecular weight excluding hydrogens is 365 g/mol. The molecule has 1 aromatic carbocycles. The van der Waals surface area contributed by atoms with Gasteiger partial charge in [-0.25, -0.2) is 9.97 Å². The standard InChI is InChI=1S/C16H13F3N6S/c1-2-26-13-6-4-3-5-11(13)10-7-12-14(21-8-10)25(9-22-24-20)15(23-12)16(17,18)19/h3-8H,2,9H2,1H3. The van der Waals surface area contributed by atoms with Gasteiger partial charge in [0.2, 0.25) is 5.82 Å². The highest BCUT2D eigenvalue weighted by molar-refractivity contribution is 7.99. The molecule has 0 bridgehead atoms. The monoisotopic (exact) mass is 378 g/mol. The second-order valence-corrected chi connectivity index (χ2v) is 6.54. The normalized spacial score (nSPS) is 11.5. The second-order valence-electron chi connectivity index (χ2n) is 5.23. The van der Waals surface area contributed by atoms with E-state index < -0.39 is 18.7 Å². The number of fused-ring (bicyclic) bond motifs is 1. The van der Waals surface area contributed by atoms with Crippen molar-refractivity contribution < 1.29 is 13.2 Å². The zero-order chi connectivity index (χ0) is 18.7. The van der Waals surface area contributed by atoms with Crippen LogP contribution < -0.4 is 0 Å². The lowest BCUT2D eigenvalue weighted by molar-refractivity contribution is -0.146. The molecule has 0 radical (unpaired) electrons. The number of rotatable bonds is 5. The summed E-state index contributed by atoms with van der Waals surface area (Å²) >= 11 is 1.64. The highest BCUT2D eigenvalue weighted by atomic mass is 32.2. The number of halogens is 3. The van der Waals surface area contributed by atoms with Crippen LogP contribution in [0.1, 0.15) is 12.7 Å². The molecule has 0 amide bonds. The van der Waals surface area contributed by atoms with Crippen molar-refractivity contribution in [1.82, 2.24) is 14.5 Å². The number of pyridine rings is 1. The third-order valence-electron chi connectivity index (χ3n) is 3.60. The molecule has 0 aliphatic carbocycles. The third-order valence-corrected chi connectivity index (χ3v) is 4.56. The molecule has 0 fully saturated rings. The Hall–Kier alpha value is -2.71. The quantitative estimate of drug-likeness (QED) is 0.255. The van der Waals surface area contributed by atoms with Gasteiger partial charge in [-0.2, -0.15) is 13.2 Å².